The number of carbonyl (C=O) groups excluding carboxylic acids is 2. The Hall–Kier alpha value is -2.35. The highest BCUT2D eigenvalue weighted by Gasteiger charge is 2.25. The lowest BCUT2D eigenvalue weighted by Gasteiger charge is -2.32. The van der Waals surface area contributed by atoms with Crippen LogP contribution in [0.15, 0.2) is 39.4 Å². The molecule has 0 saturated carbocycles. The molecule has 2 amide bonds. The highest BCUT2D eigenvalue weighted by molar-refractivity contribution is 9.10. The minimum absolute atomic E-state index is 0.0177. The van der Waals surface area contributed by atoms with Crippen LogP contribution in [0.5, 0.6) is 5.75 Å². The van der Waals surface area contributed by atoms with Gasteiger partial charge in [0.25, 0.3) is 11.8 Å². The average Bonchev–Trinajstić information content (AvgIpc) is 3.07. The minimum Gasteiger partial charge on any atom is -0.481 e. The number of nitrogens with zero attached hydrogens (tertiary/aromatic N) is 1. The highest BCUT2D eigenvalue weighted by atomic mass is 79.9. The number of rotatable bonds is 5. The third kappa shape index (κ3) is 4.88. The lowest BCUT2D eigenvalue weighted by atomic mass is 10.0. The Morgan fingerprint density at radius 2 is 2.07 bits per heavy atom. The number of likely N-dealkylation sites (tertiary alicyclic amines) is 1. The van der Waals surface area contributed by atoms with E-state index in [1.807, 2.05) is 6.92 Å². The van der Waals surface area contributed by atoms with Crippen LogP contribution in [0.1, 0.15) is 29.0 Å². The first-order chi connectivity index (χ1) is 12.9. The lowest BCUT2D eigenvalue weighted by Crippen LogP contribution is -2.47. The summed E-state index contributed by atoms with van der Waals surface area (Å²) in [6.45, 7) is 2.61. The van der Waals surface area contributed by atoms with Gasteiger partial charge in [-0.1, -0.05) is 15.9 Å². The van der Waals surface area contributed by atoms with Crippen LogP contribution in [0, 0.1) is 12.7 Å². The van der Waals surface area contributed by atoms with E-state index in [9.17, 15) is 14.0 Å². The van der Waals surface area contributed by atoms with Gasteiger partial charge in [-0.25, -0.2) is 4.39 Å². The van der Waals surface area contributed by atoms with Crippen LogP contribution in [0.25, 0.3) is 0 Å². The molecule has 8 heteroatoms. The molecule has 6 nitrogen and oxygen atoms in total. The van der Waals surface area contributed by atoms with Crippen LogP contribution >= 0.6 is 15.9 Å². The minimum atomic E-state index is -0.521. The molecule has 1 saturated heterocycles. The summed E-state index contributed by atoms with van der Waals surface area (Å²) in [4.78, 5) is 26.1. The number of ether oxygens (including phenoxy) is 1. The molecule has 1 fully saturated rings. The van der Waals surface area contributed by atoms with Crippen molar-refractivity contribution in [3.05, 3.63) is 52.1 Å². The van der Waals surface area contributed by atoms with Crippen molar-refractivity contribution in [3.8, 4) is 5.75 Å². The van der Waals surface area contributed by atoms with Crippen molar-refractivity contribution in [2.24, 2.45) is 0 Å². The van der Waals surface area contributed by atoms with E-state index in [1.165, 1.54) is 18.4 Å². The number of halogens is 2. The van der Waals surface area contributed by atoms with Crippen molar-refractivity contribution in [3.63, 3.8) is 0 Å². The van der Waals surface area contributed by atoms with Crippen LogP contribution < -0.4 is 10.1 Å². The van der Waals surface area contributed by atoms with E-state index >= 15 is 0 Å². The zero-order valence-electron chi connectivity index (χ0n) is 14.8. The van der Waals surface area contributed by atoms with Crippen LogP contribution in [0.2, 0.25) is 0 Å². The van der Waals surface area contributed by atoms with E-state index in [2.05, 4.69) is 21.2 Å². The number of aryl methyl sites for hydroxylation is 1. The summed E-state index contributed by atoms with van der Waals surface area (Å²) >= 11 is 3.17. The van der Waals surface area contributed by atoms with Gasteiger partial charge in [-0.3, -0.25) is 9.59 Å². The van der Waals surface area contributed by atoms with Gasteiger partial charge in [0.05, 0.1) is 6.26 Å². The molecule has 144 valence electrons. The van der Waals surface area contributed by atoms with Crippen LogP contribution in [-0.2, 0) is 4.79 Å². The lowest BCUT2D eigenvalue weighted by molar-refractivity contribution is -0.134. The van der Waals surface area contributed by atoms with Crippen molar-refractivity contribution in [1.82, 2.24) is 10.2 Å². The molecule has 1 aliphatic rings. The molecule has 27 heavy (non-hydrogen) atoms. The number of amides is 2. The second kappa shape index (κ2) is 8.56. The predicted octanol–water partition coefficient (Wildman–Crippen LogP) is 3.29. The quantitative estimate of drug-likeness (QED) is 0.777. The third-order valence-electron chi connectivity index (χ3n) is 4.50. The van der Waals surface area contributed by atoms with Gasteiger partial charge in [0.1, 0.15) is 0 Å². The van der Waals surface area contributed by atoms with Gasteiger partial charge < -0.3 is 19.4 Å². The van der Waals surface area contributed by atoms with Gasteiger partial charge in [0.2, 0.25) is 0 Å². The number of nitrogens with one attached hydrogen (secondary N) is 1. The SMILES string of the molecule is Cc1ccoc1C(=O)NC1CCN(C(=O)COc2ccc(Br)cc2F)CC1. The van der Waals surface area contributed by atoms with Crippen molar-refractivity contribution in [1.29, 1.82) is 0 Å². The maximum Gasteiger partial charge on any atom is 0.287 e. The first kappa shape index (κ1) is 19.4. The number of benzene rings is 1. The van der Waals surface area contributed by atoms with Crippen LogP contribution in [0.4, 0.5) is 4.39 Å². The van der Waals surface area contributed by atoms with Crippen molar-refractivity contribution < 1.29 is 23.1 Å². The number of furan rings is 1. The Kier molecular flexibility index (Phi) is 6.15. The zero-order valence-corrected chi connectivity index (χ0v) is 16.4. The molecule has 1 aromatic carbocycles. The van der Waals surface area contributed by atoms with Gasteiger partial charge >= 0.3 is 0 Å². The summed E-state index contributed by atoms with van der Waals surface area (Å²) in [5.41, 5.74) is 0.789. The number of carbonyl (C=O) groups is 2. The largest absolute Gasteiger partial charge is 0.481 e. The summed E-state index contributed by atoms with van der Waals surface area (Å²) < 4.78 is 24.8. The second-order valence-corrected chi connectivity index (χ2v) is 7.34. The maximum atomic E-state index is 13.7. The Morgan fingerprint density at radius 3 is 2.70 bits per heavy atom. The van der Waals surface area contributed by atoms with Crippen molar-refractivity contribution in [2.45, 2.75) is 25.8 Å². The van der Waals surface area contributed by atoms with Crippen LogP contribution in [0.3, 0.4) is 0 Å². The van der Waals surface area contributed by atoms with Crippen LogP contribution in [-0.4, -0.2) is 42.5 Å². The number of hydrogen-bond donors (Lipinski definition) is 1. The van der Waals surface area contributed by atoms with Crippen molar-refractivity contribution >= 4 is 27.7 Å². The third-order valence-corrected chi connectivity index (χ3v) is 4.99. The van der Waals surface area contributed by atoms with Gasteiger partial charge in [0, 0.05) is 29.2 Å². The molecule has 0 unspecified atom stereocenters. The molecule has 1 N–H and O–H groups in total. The molecule has 0 bridgehead atoms. The van der Waals surface area contributed by atoms with E-state index in [4.69, 9.17) is 9.15 Å². The zero-order chi connectivity index (χ0) is 19.4. The fourth-order valence-electron chi connectivity index (χ4n) is 2.95. The molecule has 2 heterocycles. The van der Waals surface area contributed by atoms with E-state index in [1.54, 1.807) is 17.0 Å². The Labute approximate surface area is 164 Å². The maximum absolute atomic E-state index is 13.7. The fourth-order valence-corrected chi connectivity index (χ4v) is 3.29. The normalized spacial score (nSPS) is 14.9. The van der Waals surface area contributed by atoms with Gasteiger partial charge in [-0.2, -0.15) is 0 Å². The number of piperidine rings is 1. The summed E-state index contributed by atoms with van der Waals surface area (Å²) in [7, 11) is 0. The van der Waals surface area contributed by atoms with Gasteiger partial charge in [-0.15, -0.1) is 0 Å². The fraction of sp³-hybridized carbons (Fsp3) is 0.368. The predicted molar refractivity (Wildman–Crippen MR) is 100 cm³/mol. The van der Waals surface area contributed by atoms with E-state index in [0.29, 0.717) is 36.2 Å². The summed E-state index contributed by atoms with van der Waals surface area (Å²) in [5.74, 6) is -0.604. The summed E-state index contributed by atoms with van der Waals surface area (Å²) in [6.07, 6.45) is 2.77. The molecule has 3 rings (SSSR count). The second-order valence-electron chi connectivity index (χ2n) is 6.42. The first-order valence-corrected chi connectivity index (χ1v) is 9.44. The van der Waals surface area contributed by atoms with Gasteiger partial charge in [-0.05, 0) is 44.0 Å². The number of hydrogen-bond acceptors (Lipinski definition) is 4. The molecule has 1 aromatic heterocycles. The first-order valence-electron chi connectivity index (χ1n) is 8.64. The van der Waals surface area contributed by atoms with E-state index < -0.39 is 5.82 Å². The highest BCUT2D eigenvalue weighted by Crippen LogP contribution is 2.21. The molecule has 2 aromatic rings. The smallest absolute Gasteiger partial charge is 0.287 e. The molecule has 0 radical (unpaired) electrons. The topological polar surface area (TPSA) is 71.8 Å². The monoisotopic (exact) mass is 438 g/mol. The molecular formula is C19H20BrFN2O4. The van der Waals surface area contributed by atoms with E-state index in [0.717, 1.165) is 5.56 Å². The Balaban J connectivity index is 1.45. The van der Waals surface area contributed by atoms with E-state index in [-0.39, 0.29) is 30.2 Å². The Bertz CT molecular complexity index is 831. The molecule has 1 aliphatic heterocycles. The van der Waals surface area contributed by atoms with Crippen molar-refractivity contribution in [2.75, 3.05) is 19.7 Å². The Morgan fingerprint density at radius 1 is 1.33 bits per heavy atom. The summed E-state index contributed by atoms with van der Waals surface area (Å²) in [6, 6.07) is 6.14. The standard InChI is InChI=1S/C19H20BrFN2O4/c1-12-6-9-26-18(12)19(25)22-14-4-7-23(8-5-14)17(24)11-27-16-3-2-13(20)10-15(16)21/h2-3,6,9-10,14H,4-5,7-8,11H2,1H3,(H,22,25). The summed E-state index contributed by atoms with van der Waals surface area (Å²) in [5, 5.41) is 2.94. The van der Waals surface area contributed by atoms with Gasteiger partial charge in [0.15, 0.2) is 23.9 Å². The molecule has 0 spiro atoms. The molecule has 0 atom stereocenters. The molecule has 0 aliphatic carbocycles. The molecular weight excluding hydrogens is 419 g/mol. The average molecular weight is 439 g/mol.